The van der Waals surface area contributed by atoms with Crippen molar-refractivity contribution in [1.29, 1.82) is 0 Å². The average molecular weight is 432 g/mol. The molecule has 1 aromatic carbocycles. The number of aromatic nitrogens is 3. The van der Waals surface area contributed by atoms with Crippen molar-refractivity contribution in [2.75, 3.05) is 4.90 Å². The summed E-state index contributed by atoms with van der Waals surface area (Å²) >= 11 is 11.8. The van der Waals surface area contributed by atoms with E-state index >= 15 is 0 Å². The molecule has 4 heterocycles. The summed E-state index contributed by atoms with van der Waals surface area (Å²) in [5.74, 6) is 0.796. The van der Waals surface area contributed by atoms with Crippen molar-refractivity contribution < 1.29 is 0 Å². The van der Waals surface area contributed by atoms with Crippen LogP contribution in [0.15, 0.2) is 91.4 Å². The van der Waals surface area contributed by atoms with E-state index in [9.17, 15) is 0 Å². The Morgan fingerprint density at radius 1 is 0.900 bits per heavy atom. The Morgan fingerprint density at radius 2 is 1.73 bits per heavy atom. The van der Waals surface area contributed by atoms with E-state index in [1.165, 1.54) is 0 Å². The highest BCUT2D eigenvalue weighted by Gasteiger charge is 2.42. The summed E-state index contributed by atoms with van der Waals surface area (Å²) in [6.45, 7) is 0. The second-order valence-electron chi connectivity index (χ2n) is 6.97. The summed E-state index contributed by atoms with van der Waals surface area (Å²) in [5, 5.41) is 4.76. The van der Waals surface area contributed by atoms with Gasteiger partial charge in [0.05, 0.1) is 16.8 Å². The molecule has 4 aromatic rings. The highest BCUT2D eigenvalue weighted by Crippen LogP contribution is 2.41. The Bertz CT molecular complexity index is 1160. The monoisotopic (exact) mass is 431 g/mol. The molecule has 1 N–H and O–H groups in total. The lowest BCUT2D eigenvalue weighted by molar-refractivity contribution is 0.548. The normalized spacial score (nSPS) is 18.4. The van der Waals surface area contributed by atoms with Crippen molar-refractivity contribution in [3.8, 4) is 5.82 Å². The van der Waals surface area contributed by atoms with E-state index < -0.39 is 0 Å². The first-order valence-corrected chi connectivity index (χ1v) is 10.4. The highest BCUT2D eigenvalue weighted by atomic mass is 35.5. The maximum atomic E-state index is 6.05. The van der Waals surface area contributed by atoms with Crippen LogP contribution in [0, 0.1) is 0 Å². The minimum Gasteiger partial charge on any atom is -0.351 e. The Hall–Kier alpha value is -3.22. The molecule has 3 aromatic heterocycles. The molecule has 1 fully saturated rings. The van der Waals surface area contributed by atoms with Gasteiger partial charge in [-0.1, -0.05) is 35.9 Å². The largest absolute Gasteiger partial charge is 0.351 e. The zero-order chi connectivity index (χ0) is 20.5. The fraction of sp³-hybridized carbons (Fsp3) is 0.0870. The number of benzene rings is 1. The summed E-state index contributed by atoms with van der Waals surface area (Å²) < 4.78 is 2.07. The zero-order valence-electron chi connectivity index (χ0n) is 15.9. The third-order valence-corrected chi connectivity index (χ3v) is 5.71. The number of nitrogens with one attached hydrogen (secondary N) is 1. The third-order valence-electron chi connectivity index (χ3n) is 5.17. The molecule has 30 heavy (non-hydrogen) atoms. The first-order valence-electron chi connectivity index (χ1n) is 9.57. The molecule has 1 saturated heterocycles. The highest BCUT2D eigenvalue weighted by molar-refractivity contribution is 7.80. The minimum absolute atomic E-state index is 0.109. The van der Waals surface area contributed by atoms with Crippen LogP contribution < -0.4 is 10.2 Å². The number of para-hydroxylation sites is 1. The lowest BCUT2D eigenvalue weighted by Gasteiger charge is -2.28. The molecule has 0 aliphatic carbocycles. The smallest absolute Gasteiger partial charge is 0.174 e. The molecule has 7 heteroatoms. The Labute approximate surface area is 185 Å². The van der Waals surface area contributed by atoms with Gasteiger partial charge >= 0.3 is 0 Å². The molecule has 148 valence electrons. The fourth-order valence-corrected chi connectivity index (χ4v) is 4.33. The molecule has 0 saturated carbocycles. The summed E-state index contributed by atoms with van der Waals surface area (Å²) in [7, 11) is 0. The molecule has 1 aliphatic heterocycles. The van der Waals surface area contributed by atoms with Crippen LogP contribution in [0.25, 0.3) is 5.82 Å². The van der Waals surface area contributed by atoms with E-state index in [1.54, 1.807) is 6.20 Å². The quantitative estimate of drug-likeness (QED) is 0.455. The van der Waals surface area contributed by atoms with Gasteiger partial charge < -0.3 is 14.8 Å². The molecular formula is C23H18ClN5S. The van der Waals surface area contributed by atoms with Crippen LogP contribution in [0.1, 0.15) is 23.5 Å². The first kappa shape index (κ1) is 18.8. The lowest BCUT2D eigenvalue weighted by Crippen LogP contribution is -2.30. The molecule has 0 bridgehead atoms. The predicted molar refractivity (Wildman–Crippen MR) is 123 cm³/mol. The Balaban J connectivity index is 1.66. The molecule has 5 rings (SSSR count). The topological polar surface area (TPSA) is 46.0 Å². The van der Waals surface area contributed by atoms with Crippen molar-refractivity contribution in [2.45, 2.75) is 12.1 Å². The summed E-state index contributed by atoms with van der Waals surface area (Å²) in [5.41, 5.74) is 3.01. The van der Waals surface area contributed by atoms with E-state index in [-0.39, 0.29) is 12.1 Å². The Morgan fingerprint density at radius 3 is 2.47 bits per heavy atom. The van der Waals surface area contributed by atoms with Crippen molar-refractivity contribution in [3.05, 3.63) is 108 Å². The van der Waals surface area contributed by atoms with Crippen LogP contribution >= 0.6 is 23.8 Å². The lowest BCUT2D eigenvalue weighted by atomic mass is 10.0. The number of thiocarbonyl (C=S) groups is 1. The van der Waals surface area contributed by atoms with Gasteiger partial charge in [-0.15, -0.1) is 0 Å². The maximum absolute atomic E-state index is 6.05. The van der Waals surface area contributed by atoms with E-state index in [4.69, 9.17) is 23.8 Å². The molecule has 0 spiro atoms. The van der Waals surface area contributed by atoms with E-state index in [2.05, 4.69) is 43.0 Å². The van der Waals surface area contributed by atoms with E-state index in [1.807, 2.05) is 67.0 Å². The third kappa shape index (κ3) is 3.34. The van der Waals surface area contributed by atoms with Crippen molar-refractivity contribution in [3.63, 3.8) is 0 Å². The van der Waals surface area contributed by atoms with Crippen molar-refractivity contribution in [2.24, 2.45) is 0 Å². The number of pyridine rings is 2. The van der Waals surface area contributed by atoms with Crippen LogP contribution in [0.4, 0.5) is 5.69 Å². The summed E-state index contributed by atoms with van der Waals surface area (Å²) in [6, 6.07) is 23.8. The molecule has 1 aliphatic rings. The first-order chi connectivity index (χ1) is 14.7. The van der Waals surface area contributed by atoms with Gasteiger partial charge in [-0.05, 0) is 60.7 Å². The Kier molecular flexibility index (Phi) is 4.94. The van der Waals surface area contributed by atoms with E-state index in [0.717, 1.165) is 22.9 Å². The number of hydrogen-bond donors (Lipinski definition) is 1. The maximum Gasteiger partial charge on any atom is 0.174 e. The zero-order valence-corrected chi connectivity index (χ0v) is 17.5. The van der Waals surface area contributed by atoms with Gasteiger partial charge in [-0.25, -0.2) is 4.98 Å². The minimum atomic E-state index is -0.111. The SMILES string of the molecule is S=C1N[C@@H](c2ccccn2)[C@H](c2cccn2-c2ccc(Cl)cn2)N1c1ccccc1. The number of rotatable bonds is 4. The van der Waals surface area contributed by atoms with Gasteiger partial charge in [-0.3, -0.25) is 4.98 Å². The summed E-state index contributed by atoms with van der Waals surface area (Å²) in [4.78, 5) is 11.3. The van der Waals surface area contributed by atoms with Gasteiger partial charge in [-0.2, -0.15) is 0 Å². The number of halogens is 1. The van der Waals surface area contributed by atoms with Crippen molar-refractivity contribution >= 4 is 34.6 Å². The number of nitrogens with zero attached hydrogens (tertiary/aromatic N) is 4. The van der Waals surface area contributed by atoms with Crippen molar-refractivity contribution in [1.82, 2.24) is 19.9 Å². The second kappa shape index (κ2) is 7.89. The van der Waals surface area contributed by atoms with Crippen LogP contribution in [0.5, 0.6) is 0 Å². The average Bonchev–Trinajstić information content (AvgIpc) is 3.40. The molecule has 0 radical (unpaired) electrons. The van der Waals surface area contributed by atoms with Gasteiger partial charge in [0.15, 0.2) is 5.11 Å². The van der Waals surface area contributed by atoms with Crippen LogP contribution in [-0.2, 0) is 0 Å². The molecule has 0 amide bonds. The van der Waals surface area contributed by atoms with Gasteiger partial charge in [0, 0.05) is 30.0 Å². The summed E-state index contributed by atoms with van der Waals surface area (Å²) in [6.07, 6.45) is 5.47. The predicted octanol–water partition coefficient (Wildman–Crippen LogP) is 5.10. The number of hydrogen-bond acceptors (Lipinski definition) is 3. The molecule has 2 atom stereocenters. The van der Waals surface area contributed by atoms with Gasteiger partial charge in [0.1, 0.15) is 11.9 Å². The van der Waals surface area contributed by atoms with Crippen LogP contribution in [-0.4, -0.2) is 19.6 Å². The molecular weight excluding hydrogens is 414 g/mol. The second-order valence-corrected chi connectivity index (χ2v) is 7.79. The number of anilines is 1. The van der Waals surface area contributed by atoms with Crippen LogP contribution in [0.3, 0.4) is 0 Å². The standard InChI is InChI=1S/C23H18ClN5S/c24-16-11-12-20(26-15-16)28-14-6-10-19(28)22-21(18-9-4-5-13-25-18)27-23(30)29(22)17-7-2-1-3-8-17/h1-15,21-22H,(H,27,30)/t21-,22-/m0/s1. The fourth-order valence-electron chi connectivity index (χ4n) is 3.88. The molecule has 0 unspecified atom stereocenters. The van der Waals surface area contributed by atoms with Gasteiger partial charge in [0.25, 0.3) is 0 Å². The van der Waals surface area contributed by atoms with Crippen LogP contribution in [0.2, 0.25) is 5.02 Å². The van der Waals surface area contributed by atoms with Gasteiger partial charge in [0.2, 0.25) is 0 Å². The van der Waals surface area contributed by atoms with E-state index in [0.29, 0.717) is 10.1 Å². The molecule has 5 nitrogen and oxygen atoms in total.